The van der Waals surface area contributed by atoms with Gasteiger partial charge in [-0.2, -0.15) is 0 Å². The summed E-state index contributed by atoms with van der Waals surface area (Å²) in [6, 6.07) is 8.41. The van der Waals surface area contributed by atoms with Crippen LogP contribution in [0.5, 0.6) is 0 Å². The quantitative estimate of drug-likeness (QED) is 0.904. The van der Waals surface area contributed by atoms with E-state index in [-0.39, 0.29) is 6.10 Å². The molecule has 2 nitrogen and oxygen atoms in total. The van der Waals surface area contributed by atoms with E-state index in [9.17, 15) is 5.11 Å². The Labute approximate surface area is 130 Å². The van der Waals surface area contributed by atoms with Crippen molar-refractivity contribution in [3.05, 3.63) is 35.4 Å². The number of rotatable bonds is 4. The molecule has 1 heterocycles. The number of aliphatic hydroxyl groups is 1. The molecule has 1 unspecified atom stereocenters. The Hall–Kier alpha value is -0.860. The molecule has 1 fully saturated rings. The maximum Gasteiger partial charge on any atom is 0.0916 e. The monoisotopic (exact) mass is 289 g/mol. The van der Waals surface area contributed by atoms with E-state index in [0.29, 0.717) is 5.41 Å². The van der Waals surface area contributed by atoms with Gasteiger partial charge in [0, 0.05) is 6.54 Å². The Kier molecular flexibility index (Phi) is 5.45. The molecule has 1 aromatic carbocycles. The van der Waals surface area contributed by atoms with Gasteiger partial charge in [0.2, 0.25) is 0 Å². The topological polar surface area (TPSA) is 23.5 Å². The van der Waals surface area contributed by atoms with Gasteiger partial charge in [-0.1, -0.05) is 52.0 Å². The van der Waals surface area contributed by atoms with Gasteiger partial charge in [-0.05, 0) is 54.8 Å². The zero-order chi connectivity index (χ0) is 15.5. The molecule has 1 aromatic rings. The molecule has 0 aliphatic carbocycles. The van der Waals surface area contributed by atoms with Gasteiger partial charge in [0.05, 0.1) is 6.10 Å². The first kappa shape index (κ1) is 16.5. The third-order valence-corrected chi connectivity index (χ3v) is 5.02. The van der Waals surface area contributed by atoms with Crippen LogP contribution in [0.3, 0.4) is 0 Å². The highest BCUT2D eigenvalue weighted by atomic mass is 16.3. The second-order valence-corrected chi connectivity index (χ2v) is 7.55. The normalized spacial score (nSPS) is 19.7. The highest BCUT2D eigenvalue weighted by Gasteiger charge is 2.29. The standard InChI is InChI=1S/C19H31NO/c1-5-15-6-8-16(9-7-15)18(21)14-20-12-10-17(11-13-20)19(2,3)4/h6-9,17-18,21H,5,10-14H2,1-4H3. The first-order chi connectivity index (χ1) is 9.90. The Morgan fingerprint density at radius 2 is 1.71 bits per heavy atom. The van der Waals surface area contributed by atoms with Gasteiger partial charge < -0.3 is 10.0 Å². The second-order valence-electron chi connectivity index (χ2n) is 7.55. The van der Waals surface area contributed by atoms with Gasteiger partial charge in [-0.25, -0.2) is 0 Å². The van der Waals surface area contributed by atoms with Gasteiger partial charge in [-0.3, -0.25) is 0 Å². The van der Waals surface area contributed by atoms with E-state index in [1.54, 1.807) is 0 Å². The lowest BCUT2D eigenvalue weighted by molar-refractivity contribution is 0.0653. The van der Waals surface area contributed by atoms with Crippen molar-refractivity contribution in [3.63, 3.8) is 0 Å². The van der Waals surface area contributed by atoms with Gasteiger partial charge in [-0.15, -0.1) is 0 Å². The number of likely N-dealkylation sites (tertiary alicyclic amines) is 1. The summed E-state index contributed by atoms with van der Waals surface area (Å²) in [7, 11) is 0. The molecule has 2 rings (SSSR count). The molecule has 0 radical (unpaired) electrons. The highest BCUT2D eigenvalue weighted by molar-refractivity contribution is 5.24. The number of hydrogen-bond acceptors (Lipinski definition) is 2. The van der Waals surface area contributed by atoms with Gasteiger partial charge in [0.15, 0.2) is 0 Å². The number of piperidine rings is 1. The molecule has 1 atom stereocenters. The average Bonchev–Trinajstić information content (AvgIpc) is 2.47. The van der Waals surface area contributed by atoms with E-state index in [4.69, 9.17) is 0 Å². The second kappa shape index (κ2) is 6.93. The smallest absolute Gasteiger partial charge is 0.0916 e. The van der Waals surface area contributed by atoms with E-state index < -0.39 is 0 Å². The van der Waals surface area contributed by atoms with E-state index in [1.165, 1.54) is 18.4 Å². The minimum atomic E-state index is -0.359. The fourth-order valence-electron chi connectivity index (χ4n) is 3.31. The lowest BCUT2D eigenvalue weighted by Gasteiger charge is -2.39. The van der Waals surface area contributed by atoms with Crippen LogP contribution in [0.25, 0.3) is 0 Å². The Bertz CT molecular complexity index is 424. The molecular formula is C19H31NO. The zero-order valence-electron chi connectivity index (χ0n) is 14.1. The lowest BCUT2D eigenvalue weighted by atomic mass is 9.75. The van der Waals surface area contributed by atoms with Crippen LogP contribution in [-0.4, -0.2) is 29.6 Å². The van der Waals surface area contributed by atoms with Gasteiger partial charge in [0.1, 0.15) is 0 Å². The van der Waals surface area contributed by atoms with Crippen molar-refractivity contribution in [1.29, 1.82) is 0 Å². The fraction of sp³-hybridized carbons (Fsp3) is 0.684. The van der Waals surface area contributed by atoms with Crippen molar-refractivity contribution in [2.24, 2.45) is 11.3 Å². The van der Waals surface area contributed by atoms with Crippen LogP contribution in [-0.2, 0) is 6.42 Å². The molecule has 0 spiro atoms. The number of aryl methyl sites for hydroxylation is 1. The van der Waals surface area contributed by atoms with Crippen molar-refractivity contribution >= 4 is 0 Å². The van der Waals surface area contributed by atoms with Crippen LogP contribution in [0, 0.1) is 11.3 Å². The molecule has 1 saturated heterocycles. The Balaban J connectivity index is 1.85. The molecule has 0 saturated carbocycles. The minimum Gasteiger partial charge on any atom is -0.387 e. The van der Waals surface area contributed by atoms with Crippen LogP contribution < -0.4 is 0 Å². The molecule has 0 bridgehead atoms. The average molecular weight is 289 g/mol. The molecule has 0 aromatic heterocycles. The fourth-order valence-corrected chi connectivity index (χ4v) is 3.31. The molecule has 1 aliphatic heterocycles. The van der Waals surface area contributed by atoms with Crippen LogP contribution in [0.1, 0.15) is 57.8 Å². The molecular weight excluding hydrogens is 258 g/mol. The van der Waals surface area contributed by atoms with Crippen molar-refractivity contribution in [2.75, 3.05) is 19.6 Å². The summed E-state index contributed by atoms with van der Waals surface area (Å²) in [6.07, 6.45) is 3.20. The van der Waals surface area contributed by atoms with Crippen LogP contribution in [0.2, 0.25) is 0 Å². The van der Waals surface area contributed by atoms with Crippen molar-refractivity contribution in [1.82, 2.24) is 4.90 Å². The van der Waals surface area contributed by atoms with E-state index in [2.05, 4.69) is 56.9 Å². The molecule has 1 N–H and O–H groups in total. The van der Waals surface area contributed by atoms with Crippen LogP contribution in [0.4, 0.5) is 0 Å². The first-order valence-electron chi connectivity index (χ1n) is 8.39. The molecule has 21 heavy (non-hydrogen) atoms. The number of benzene rings is 1. The maximum atomic E-state index is 10.4. The summed E-state index contributed by atoms with van der Waals surface area (Å²) in [4.78, 5) is 2.42. The van der Waals surface area contributed by atoms with Crippen LogP contribution >= 0.6 is 0 Å². The number of aliphatic hydroxyl groups excluding tert-OH is 1. The lowest BCUT2D eigenvalue weighted by Crippen LogP contribution is -2.39. The third kappa shape index (κ3) is 4.55. The van der Waals surface area contributed by atoms with E-state index in [0.717, 1.165) is 37.5 Å². The largest absolute Gasteiger partial charge is 0.387 e. The van der Waals surface area contributed by atoms with E-state index >= 15 is 0 Å². The summed E-state index contributed by atoms with van der Waals surface area (Å²) in [5, 5.41) is 10.4. The maximum absolute atomic E-state index is 10.4. The first-order valence-corrected chi connectivity index (χ1v) is 8.39. The molecule has 1 aliphatic rings. The van der Waals surface area contributed by atoms with E-state index in [1.807, 2.05) is 0 Å². The third-order valence-electron chi connectivity index (χ3n) is 5.02. The zero-order valence-corrected chi connectivity index (χ0v) is 14.1. The SMILES string of the molecule is CCc1ccc(C(O)CN2CCC(C(C)(C)C)CC2)cc1. The highest BCUT2D eigenvalue weighted by Crippen LogP contribution is 2.34. The Morgan fingerprint density at radius 3 is 2.19 bits per heavy atom. The number of β-amino-alcohol motifs (C(OH)–C–C–N with tert-alkyl or cyclic N) is 1. The van der Waals surface area contributed by atoms with Gasteiger partial charge in [0.25, 0.3) is 0 Å². The summed E-state index contributed by atoms with van der Waals surface area (Å²) in [5.74, 6) is 0.815. The van der Waals surface area contributed by atoms with Gasteiger partial charge >= 0.3 is 0 Å². The van der Waals surface area contributed by atoms with Crippen molar-refractivity contribution < 1.29 is 5.11 Å². The predicted octanol–water partition coefficient (Wildman–Crippen LogP) is 4.04. The predicted molar refractivity (Wildman–Crippen MR) is 89.4 cm³/mol. The summed E-state index contributed by atoms with van der Waals surface area (Å²) in [5.41, 5.74) is 2.79. The Morgan fingerprint density at radius 1 is 1.14 bits per heavy atom. The van der Waals surface area contributed by atoms with Crippen molar-refractivity contribution in [2.45, 2.75) is 53.1 Å². The van der Waals surface area contributed by atoms with Crippen LogP contribution in [0.15, 0.2) is 24.3 Å². The van der Waals surface area contributed by atoms with Crippen molar-refractivity contribution in [3.8, 4) is 0 Å². The summed E-state index contributed by atoms with van der Waals surface area (Å²) < 4.78 is 0. The number of nitrogens with zero attached hydrogens (tertiary/aromatic N) is 1. The minimum absolute atomic E-state index is 0.359. The molecule has 2 heteroatoms. The molecule has 0 amide bonds. The molecule has 118 valence electrons. The summed E-state index contributed by atoms with van der Waals surface area (Å²) >= 11 is 0. The number of hydrogen-bond donors (Lipinski definition) is 1. The summed E-state index contributed by atoms with van der Waals surface area (Å²) in [6.45, 7) is 12.2.